The number of oxime groups is 1. The first-order valence-corrected chi connectivity index (χ1v) is 3.93. The Morgan fingerprint density at radius 3 is 2.79 bits per heavy atom. The van der Waals surface area contributed by atoms with E-state index >= 15 is 0 Å². The van der Waals surface area contributed by atoms with Gasteiger partial charge in [0.15, 0.2) is 0 Å². The summed E-state index contributed by atoms with van der Waals surface area (Å²) in [5.74, 6) is -1.55. The van der Waals surface area contributed by atoms with E-state index in [0.717, 1.165) is 4.68 Å². The van der Waals surface area contributed by atoms with Gasteiger partial charge in [-0.25, -0.2) is 9.78 Å². The smallest absolute Gasteiger partial charge is 0.377 e. The van der Waals surface area contributed by atoms with Crippen molar-refractivity contribution in [3.05, 3.63) is 12.7 Å². The maximum absolute atomic E-state index is 10.7. The molecule has 14 heavy (non-hydrogen) atoms. The molecular formula is C7H10N4O3. The molecule has 0 spiro atoms. The van der Waals surface area contributed by atoms with Crippen LogP contribution in [0.5, 0.6) is 0 Å². The Morgan fingerprint density at radius 1 is 1.64 bits per heavy atom. The molecule has 0 aromatic carbocycles. The van der Waals surface area contributed by atoms with Crippen molar-refractivity contribution >= 4 is 11.8 Å². The first kappa shape index (κ1) is 10.2. The summed E-state index contributed by atoms with van der Waals surface area (Å²) >= 11 is 0. The molecule has 0 radical (unpaired) electrons. The first-order valence-electron chi connectivity index (χ1n) is 3.93. The van der Waals surface area contributed by atoms with Crippen LogP contribution in [0.4, 0.5) is 0 Å². The average molecular weight is 198 g/mol. The molecule has 0 fully saturated rings. The number of aliphatic carboxylic acids is 1. The Bertz CT molecular complexity index is 331. The van der Waals surface area contributed by atoms with Crippen molar-refractivity contribution in [3.8, 4) is 0 Å². The van der Waals surface area contributed by atoms with E-state index in [9.17, 15) is 4.79 Å². The van der Waals surface area contributed by atoms with Gasteiger partial charge >= 0.3 is 5.97 Å². The zero-order valence-electron chi connectivity index (χ0n) is 7.78. The SMILES string of the molecule is CC(C)ON=C(C(=O)O)n1cncn1. The van der Waals surface area contributed by atoms with E-state index in [-0.39, 0.29) is 11.9 Å². The van der Waals surface area contributed by atoms with Crippen LogP contribution in [-0.2, 0) is 9.63 Å². The van der Waals surface area contributed by atoms with Crippen LogP contribution in [0.25, 0.3) is 0 Å². The minimum absolute atomic E-state index is 0.187. The minimum Gasteiger partial charge on any atom is -0.475 e. The fraction of sp³-hybridized carbons (Fsp3) is 0.429. The number of carboxylic acids is 1. The van der Waals surface area contributed by atoms with Crippen molar-refractivity contribution in [3.63, 3.8) is 0 Å². The monoisotopic (exact) mass is 198 g/mol. The second kappa shape index (κ2) is 4.35. The van der Waals surface area contributed by atoms with Crippen LogP contribution in [-0.4, -0.2) is 37.8 Å². The van der Waals surface area contributed by atoms with Gasteiger partial charge < -0.3 is 9.94 Å². The van der Waals surface area contributed by atoms with E-state index in [2.05, 4.69) is 15.2 Å². The van der Waals surface area contributed by atoms with Gasteiger partial charge in [-0.2, -0.15) is 9.78 Å². The third kappa shape index (κ3) is 2.54. The molecule has 0 unspecified atom stereocenters. The third-order valence-corrected chi connectivity index (χ3v) is 1.18. The molecule has 0 amide bonds. The van der Waals surface area contributed by atoms with Gasteiger partial charge in [-0.3, -0.25) is 0 Å². The average Bonchev–Trinajstić information content (AvgIpc) is 2.56. The summed E-state index contributed by atoms with van der Waals surface area (Å²) in [5.41, 5.74) is 0. The van der Waals surface area contributed by atoms with Crippen LogP contribution in [0.2, 0.25) is 0 Å². The fourth-order valence-electron chi connectivity index (χ4n) is 0.652. The number of carbonyl (C=O) groups is 1. The Morgan fingerprint density at radius 2 is 2.36 bits per heavy atom. The summed E-state index contributed by atoms with van der Waals surface area (Å²) in [6, 6.07) is 0. The normalized spacial score (nSPS) is 11.8. The summed E-state index contributed by atoms with van der Waals surface area (Å²) in [6.45, 7) is 3.48. The van der Waals surface area contributed by atoms with Crippen molar-refractivity contribution < 1.29 is 14.7 Å². The lowest BCUT2D eigenvalue weighted by atomic mass is 10.5. The number of aromatic nitrogens is 3. The second-order valence-electron chi connectivity index (χ2n) is 2.71. The highest BCUT2D eigenvalue weighted by atomic mass is 16.6. The van der Waals surface area contributed by atoms with Crippen molar-refractivity contribution in [1.82, 2.24) is 14.8 Å². The molecule has 0 bridgehead atoms. The van der Waals surface area contributed by atoms with Crippen LogP contribution in [0.1, 0.15) is 13.8 Å². The van der Waals surface area contributed by atoms with Gasteiger partial charge in [0.1, 0.15) is 18.8 Å². The third-order valence-electron chi connectivity index (χ3n) is 1.18. The highest BCUT2D eigenvalue weighted by molar-refractivity contribution is 6.34. The van der Waals surface area contributed by atoms with Crippen molar-refractivity contribution in [2.75, 3.05) is 0 Å². The maximum Gasteiger partial charge on any atom is 0.377 e. The largest absolute Gasteiger partial charge is 0.475 e. The fourth-order valence-corrected chi connectivity index (χ4v) is 0.652. The predicted octanol–water partition coefficient (Wildman–Crippen LogP) is -0.0507. The molecule has 0 aliphatic carbocycles. The van der Waals surface area contributed by atoms with E-state index in [1.807, 2.05) is 0 Å². The van der Waals surface area contributed by atoms with Crippen molar-refractivity contribution in [2.24, 2.45) is 5.16 Å². The van der Waals surface area contributed by atoms with Crippen molar-refractivity contribution in [1.29, 1.82) is 0 Å². The Kier molecular flexibility index (Phi) is 3.16. The lowest BCUT2D eigenvalue weighted by Crippen LogP contribution is -2.23. The van der Waals surface area contributed by atoms with Crippen LogP contribution >= 0.6 is 0 Å². The highest BCUT2D eigenvalue weighted by Crippen LogP contribution is 1.92. The molecular weight excluding hydrogens is 188 g/mol. The van der Waals surface area contributed by atoms with Crippen LogP contribution in [0.3, 0.4) is 0 Å². The van der Waals surface area contributed by atoms with E-state index < -0.39 is 5.97 Å². The zero-order valence-corrected chi connectivity index (χ0v) is 7.78. The molecule has 7 heteroatoms. The zero-order chi connectivity index (χ0) is 10.6. The van der Waals surface area contributed by atoms with E-state index in [1.165, 1.54) is 12.7 Å². The second-order valence-corrected chi connectivity index (χ2v) is 2.71. The van der Waals surface area contributed by atoms with E-state index in [0.29, 0.717) is 0 Å². The summed E-state index contributed by atoms with van der Waals surface area (Å²) in [7, 11) is 0. The Labute approximate surface area is 80.0 Å². The standard InChI is InChI=1S/C7H10N4O3/c1-5(2)14-10-6(7(12)13)11-4-8-3-9-11/h3-5H,1-2H3,(H,12,13). The van der Waals surface area contributed by atoms with Gasteiger partial charge in [-0.05, 0) is 13.8 Å². The number of hydrogen-bond donors (Lipinski definition) is 1. The number of rotatable bonds is 2. The first-order chi connectivity index (χ1) is 6.61. The van der Waals surface area contributed by atoms with Gasteiger partial charge in [-0.15, -0.1) is 0 Å². The van der Waals surface area contributed by atoms with Crippen LogP contribution in [0, 0.1) is 0 Å². The summed E-state index contributed by atoms with van der Waals surface area (Å²) < 4.78 is 1.02. The topological polar surface area (TPSA) is 89.6 Å². The van der Waals surface area contributed by atoms with E-state index in [4.69, 9.17) is 9.94 Å². The molecule has 7 nitrogen and oxygen atoms in total. The van der Waals surface area contributed by atoms with Gasteiger partial charge in [0, 0.05) is 0 Å². The van der Waals surface area contributed by atoms with Crippen LogP contribution < -0.4 is 0 Å². The maximum atomic E-state index is 10.7. The van der Waals surface area contributed by atoms with Crippen molar-refractivity contribution in [2.45, 2.75) is 20.0 Å². The molecule has 1 aromatic heterocycles. The molecule has 1 N–H and O–H groups in total. The number of nitrogens with zero attached hydrogens (tertiary/aromatic N) is 4. The molecule has 0 saturated carbocycles. The summed E-state index contributed by atoms with van der Waals surface area (Å²) in [5, 5.41) is 15.8. The Hall–Kier alpha value is -1.92. The van der Waals surface area contributed by atoms with E-state index in [1.54, 1.807) is 13.8 Å². The Balaban J connectivity index is 2.85. The van der Waals surface area contributed by atoms with Gasteiger partial charge in [-0.1, -0.05) is 5.16 Å². The minimum atomic E-state index is -1.23. The molecule has 0 atom stereocenters. The van der Waals surface area contributed by atoms with Gasteiger partial charge in [0.05, 0.1) is 0 Å². The quantitative estimate of drug-likeness (QED) is 0.408. The molecule has 1 heterocycles. The number of hydrogen-bond acceptors (Lipinski definition) is 5. The molecule has 76 valence electrons. The lowest BCUT2D eigenvalue weighted by molar-refractivity contribution is -0.129. The molecule has 0 saturated heterocycles. The number of carboxylic acid groups (broad SMARTS) is 1. The highest BCUT2D eigenvalue weighted by Gasteiger charge is 2.13. The predicted molar refractivity (Wildman–Crippen MR) is 46.7 cm³/mol. The molecule has 0 aliphatic rings. The van der Waals surface area contributed by atoms with Gasteiger partial charge in [0.25, 0.3) is 5.84 Å². The molecule has 1 rings (SSSR count). The molecule has 0 aliphatic heterocycles. The van der Waals surface area contributed by atoms with Gasteiger partial charge in [0.2, 0.25) is 0 Å². The summed E-state index contributed by atoms with van der Waals surface area (Å²) in [6.07, 6.45) is 2.26. The van der Waals surface area contributed by atoms with Crippen LogP contribution in [0.15, 0.2) is 17.8 Å². The summed E-state index contributed by atoms with van der Waals surface area (Å²) in [4.78, 5) is 19.1. The molecule has 1 aromatic rings. The lowest BCUT2D eigenvalue weighted by Gasteiger charge is -2.03.